The van der Waals surface area contributed by atoms with Crippen LogP contribution in [0.2, 0.25) is 0 Å². The fourth-order valence-corrected chi connectivity index (χ4v) is 3.99. The number of ether oxygens (including phenoxy) is 1. The normalized spacial score (nSPS) is 12.2. The lowest BCUT2D eigenvalue weighted by Gasteiger charge is -2.16. The van der Waals surface area contributed by atoms with Gasteiger partial charge in [0.2, 0.25) is 0 Å². The molecule has 0 fully saturated rings. The van der Waals surface area contributed by atoms with Gasteiger partial charge in [-0.2, -0.15) is 0 Å². The molecule has 0 saturated carbocycles. The van der Waals surface area contributed by atoms with Crippen LogP contribution >= 0.6 is 0 Å². The van der Waals surface area contributed by atoms with Crippen LogP contribution in [0.3, 0.4) is 0 Å². The predicted molar refractivity (Wildman–Crippen MR) is 121 cm³/mol. The van der Waals surface area contributed by atoms with Crippen LogP contribution in [0.4, 0.5) is 4.79 Å². The molecule has 1 unspecified atom stereocenters. The second kappa shape index (κ2) is 22.6. The van der Waals surface area contributed by atoms with Crippen molar-refractivity contribution < 1.29 is 14.6 Å². The van der Waals surface area contributed by atoms with Gasteiger partial charge < -0.3 is 9.84 Å². The van der Waals surface area contributed by atoms with Gasteiger partial charge in [-0.25, -0.2) is 4.79 Å². The lowest BCUT2D eigenvalue weighted by atomic mass is 9.94. The number of unbranched alkanes of at least 4 members (excludes halogenated alkanes) is 16. The highest BCUT2D eigenvalue weighted by atomic mass is 16.7. The third-order valence-corrected chi connectivity index (χ3v) is 5.87. The quantitative estimate of drug-likeness (QED) is 0.146. The molecule has 3 heteroatoms. The summed E-state index contributed by atoms with van der Waals surface area (Å²) in [6.45, 7) is 4.92. The molecule has 1 atom stereocenters. The molecule has 0 aliphatic carbocycles. The monoisotopic (exact) mass is 398 g/mol. The first-order valence-electron chi connectivity index (χ1n) is 12.6. The molecule has 0 aliphatic heterocycles. The smallest absolute Gasteiger partial charge is 0.450 e. The second-order valence-electron chi connectivity index (χ2n) is 8.68. The lowest BCUT2D eigenvalue weighted by molar-refractivity contribution is 0.0730. The van der Waals surface area contributed by atoms with E-state index in [0.717, 1.165) is 12.8 Å². The Balaban J connectivity index is 3.66. The van der Waals surface area contributed by atoms with E-state index in [-0.39, 0.29) is 0 Å². The van der Waals surface area contributed by atoms with E-state index in [2.05, 4.69) is 13.8 Å². The van der Waals surface area contributed by atoms with Crippen molar-refractivity contribution in [3.63, 3.8) is 0 Å². The fourth-order valence-electron chi connectivity index (χ4n) is 3.99. The van der Waals surface area contributed by atoms with Gasteiger partial charge in [-0.1, -0.05) is 129 Å². The van der Waals surface area contributed by atoms with Crippen molar-refractivity contribution >= 4 is 6.16 Å². The summed E-state index contributed by atoms with van der Waals surface area (Å²) in [5.74, 6) is 0.422. The number of rotatable bonds is 22. The van der Waals surface area contributed by atoms with Crippen molar-refractivity contribution in [1.82, 2.24) is 0 Å². The minimum absolute atomic E-state index is 0.392. The molecule has 0 saturated heterocycles. The largest absolute Gasteiger partial charge is 0.505 e. The van der Waals surface area contributed by atoms with Crippen LogP contribution in [0.5, 0.6) is 0 Å². The lowest BCUT2D eigenvalue weighted by Crippen LogP contribution is -2.13. The summed E-state index contributed by atoms with van der Waals surface area (Å²) < 4.78 is 4.89. The van der Waals surface area contributed by atoms with Crippen LogP contribution in [0.25, 0.3) is 0 Å². The van der Waals surface area contributed by atoms with E-state index in [0.29, 0.717) is 12.5 Å². The molecule has 0 aromatic rings. The number of carbonyl (C=O) groups is 1. The third kappa shape index (κ3) is 21.6. The molecule has 0 bridgehead atoms. The zero-order valence-corrected chi connectivity index (χ0v) is 19.2. The molecular formula is C25H50O3. The molecule has 3 nitrogen and oxygen atoms in total. The number of hydrogen-bond acceptors (Lipinski definition) is 2. The number of carboxylic acid groups (broad SMARTS) is 1. The van der Waals surface area contributed by atoms with E-state index in [1.807, 2.05) is 0 Å². The van der Waals surface area contributed by atoms with Crippen LogP contribution in [-0.4, -0.2) is 17.9 Å². The average molecular weight is 399 g/mol. The predicted octanol–water partition coefficient (Wildman–Crippen LogP) is 9.14. The highest BCUT2D eigenvalue weighted by molar-refractivity contribution is 5.56. The molecule has 0 aromatic heterocycles. The average Bonchev–Trinajstić information content (AvgIpc) is 2.68. The zero-order valence-electron chi connectivity index (χ0n) is 19.2. The SMILES string of the molecule is CCCCCCCCCCCCC(CCCCCCCCCC)COC(=O)O. The Morgan fingerprint density at radius 2 is 0.929 bits per heavy atom. The Morgan fingerprint density at radius 1 is 0.607 bits per heavy atom. The molecule has 28 heavy (non-hydrogen) atoms. The Labute approximate surface area is 176 Å². The summed E-state index contributed by atoms with van der Waals surface area (Å²) in [6, 6.07) is 0. The Kier molecular flexibility index (Phi) is 22.0. The summed E-state index contributed by atoms with van der Waals surface area (Å²) in [4.78, 5) is 10.7. The topological polar surface area (TPSA) is 46.5 Å². The minimum Gasteiger partial charge on any atom is -0.450 e. The van der Waals surface area contributed by atoms with E-state index >= 15 is 0 Å². The Bertz CT molecular complexity index is 317. The van der Waals surface area contributed by atoms with Gasteiger partial charge in [0.15, 0.2) is 0 Å². The fraction of sp³-hybridized carbons (Fsp3) is 0.960. The minimum atomic E-state index is -1.12. The van der Waals surface area contributed by atoms with Gasteiger partial charge in [-0.05, 0) is 18.8 Å². The summed E-state index contributed by atoms with van der Waals surface area (Å²) in [6.07, 6.45) is 25.3. The maximum Gasteiger partial charge on any atom is 0.505 e. The Hall–Kier alpha value is -0.730. The van der Waals surface area contributed by atoms with Crippen LogP contribution in [0.15, 0.2) is 0 Å². The zero-order chi connectivity index (χ0) is 20.7. The third-order valence-electron chi connectivity index (χ3n) is 5.87. The summed E-state index contributed by atoms with van der Waals surface area (Å²) >= 11 is 0. The maximum absolute atomic E-state index is 10.7. The van der Waals surface area contributed by atoms with E-state index in [4.69, 9.17) is 9.84 Å². The highest BCUT2D eigenvalue weighted by Crippen LogP contribution is 2.20. The molecule has 0 spiro atoms. The van der Waals surface area contributed by atoms with Crippen LogP contribution < -0.4 is 0 Å². The van der Waals surface area contributed by atoms with Gasteiger partial charge in [0.05, 0.1) is 6.61 Å². The molecule has 1 N–H and O–H groups in total. The van der Waals surface area contributed by atoms with Crippen molar-refractivity contribution in [2.24, 2.45) is 5.92 Å². The highest BCUT2D eigenvalue weighted by Gasteiger charge is 2.11. The van der Waals surface area contributed by atoms with E-state index < -0.39 is 6.16 Å². The number of hydrogen-bond donors (Lipinski definition) is 1. The first-order valence-corrected chi connectivity index (χ1v) is 12.6. The molecule has 0 aromatic carbocycles. The second-order valence-corrected chi connectivity index (χ2v) is 8.68. The molecule has 0 rings (SSSR count). The summed E-state index contributed by atoms with van der Waals surface area (Å²) in [5, 5.41) is 8.80. The standard InChI is InChI=1S/C25H50O3/c1-3-5-7-9-11-13-14-16-18-20-22-24(23-28-25(26)27)21-19-17-15-12-10-8-6-4-2/h24H,3-23H2,1-2H3,(H,26,27). The van der Waals surface area contributed by atoms with E-state index in [9.17, 15) is 4.79 Å². The summed E-state index contributed by atoms with van der Waals surface area (Å²) in [7, 11) is 0. The van der Waals surface area contributed by atoms with Crippen LogP contribution in [0.1, 0.15) is 142 Å². The van der Waals surface area contributed by atoms with Gasteiger partial charge in [-0.15, -0.1) is 0 Å². The molecule has 168 valence electrons. The summed E-state index contributed by atoms with van der Waals surface area (Å²) in [5.41, 5.74) is 0. The molecule has 0 aliphatic rings. The van der Waals surface area contributed by atoms with Gasteiger partial charge in [-0.3, -0.25) is 0 Å². The molecule has 0 heterocycles. The maximum atomic E-state index is 10.7. The van der Waals surface area contributed by atoms with Gasteiger partial charge in [0.1, 0.15) is 0 Å². The van der Waals surface area contributed by atoms with Crippen LogP contribution in [0, 0.1) is 5.92 Å². The van der Waals surface area contributed by atoms with E-state index in [1.54, 1.807) is 0 Å². The van der Waals surface area contributed by atoms with Crippen molar-refractivity contribution in [2.45, 2.75) is 142 Å². The van der Waals surface area contributed by atoms with Gasteiger partial charge in [0, 0.05) is 0 Å². The van der Waals surface area contributed by atoms with E-state index in [1.165, 1.54) is 116 Å². The molecule has 0 amide bonds. The van der Waals surface area contributed by atoms with Gasteiger partial charge >= 0.3 is 6.16 Å². The first-order chi connectivity index (χ1) is 13.7. The van der Waals surface area contributed by atoms with Crippen molar-refractivity contribution in [3.05, 3.63) is 0 Å². The van der Waals surface area contributed by atoms with Gasteiger partial charge in [0.25, 0.3) is 0 Å². The molecular weight excluding hydrogens is 348 g/mol. The first kappa shape index (κ1) is 27.3. The van der Waals surface area contributed by atoms with Crippen molar-refractivity contribution in [2.75, 3.05) is 6.61 Å². The van der Waals surface area contributed by atoms with Crippen molar-refractivity contribution in [1.29, 1.82) is 0 Å². The Morgan fingerprint density at radius 3 is 1.25 bits per heavy atom. The van der Waals surface area contributed by atoms with Crippen LogP contribution in [-0.2, 0) is 4.74 Å². The van der Waals surface area contributed by atoms with Crippen molar-refractivity contribution in [3.8, 4) is 0 Å². The molecule has 0 radical (unpaired) electrons.